The highest BCUT2D eigenvalue weighted by Gasteiger charge is 2.04. The first-order chi connectivity index (χ1) is 8.19. The Bertz CT molecular complexity index is 573. The lowest BCUT2D eigenvalue weighted by atomic mass is 10.2. The fourth-order valence-corrected chi connectivity index (χ4v) is 2.14. The molecule has 3 nitrogen and oxygen atoms in total. The molecule has 2 aromatic rings. The molecule has 4 heteroatoms. The Morgan fingerprint density at radius 3 is 2.29 bits per heavy atom. The van der Waals surface area contributed by atoms with Gasteiger partial charge in [-0.1, -0.05) is 11.8 Å². The average molecular weight is 243 g/mol. The van der Waals surface area contributed by atoms with E-state index in [-0.39, 0.29) is 11.5 Å². The van der Waals surface area contributed by atoms with Gasteiger partial charge < -0.3 is 10.2 Å². The minimum atomic E-state index is 0.0853. The van der Waals surface area contributed by atoms with E-state index in [2.05, 4.69) is 0 Å². The van der Waals surface area contributed by atoms with Crippen molar-refractivity contribution in [3.8, 4) is 17.6 Å². The van der Waals surface area contributed by atoms with Crippen LogP contribution in [0.2, 0.25) is 0 Å². The minimum Gasteiger partial charge on any atom is -0.508 e. The SMILES string of the molecule is N#Cc1ccc(Sc2ccc(O)cc2)c(O)c1. The van der Waals surface area contributed by atoms with Crippen LogP contribution in [0.1, 0.15) is 5.56 Å². The van der Waals surface area contributed by atoms with Gasteiger partial charge in [0.1, 0.15) is 11.5 Å². The van der Waals surface area contributed by atoms with Crippen LogP contribution in [-0.4, -0.2) is 10.2 Å². The number of rotatable bonds is 2. The molecule has 0 aliphatic rings. The molecule has 84 valence electrons. The van der Waals surface area contributed by atoms with Gasteiger partial charge in [-0.15, -0.1) is 0 Å². The average Bonchev–Trinajstić information content (AvgIpc) is 2.34. The zero-order chi connectivity index (χ0) is 12.3. The fourth-order valence-electron chi connectivity index (χ4n) is 1.31. The van der Waals surface area contributed by atoms with E-state index in [9.17, 15) is 5.11 Å². The number of phenolic OH excluding ortho intramolecular Hbond substituents is 2. The quantitative estimate of drug-likeness (QED) is 0.850. The summed E-state index contributed by atoms with van der Waals surface area (Å²) in [6.07, 6.45) is 0. The van der Waals surface area contributed by atoms with Gasteiger partial charge in [0.05, 0.1) is 16.5 Å². The summed E-state index contributed by atoms with van der Waals surface area (Å²) in [5, 5.41) is 27.5. The van der Waals surface area contributed by atoms with Gasteiger partial charge in [0.25, 0.3) is 0 Å². The molecule has 2 N–H and O–H groups in total. The lowest BCUT2D eigenvalue weighted by molar-refractivity contribution is 0.462. The molecule has 0 unspecified atom stereocenters. The maximum absolute atomic E-state index is 9.72. The molecule has 0 radical (unpaired) electrons. The van der Waals surface area contributed by atoms with Crippen molar-refractivity contribution in [1.82, 2.24) is 0 Å². The van der Waals surface area contributed by atoms with Crippen LogP contribution in [0.15, 0.2) is 52.3 Å². The van der Waals surface area contributed by atoms with Gasteiger partial charge in [-0.05, 0) is 42.5 Å². The summed E-state index contributed by atoms with van der Waals surface area (Å²) in [4.78, 5) is 1.58. The molecule has 0 aliphatic carbocycles. The van der Waals surface area contributed by atoms with Crippen LogP contribution in [0, 0.1) is 11.3 Å². The highest BCUT2D eigenvalue weighted by atomic mass is 32.2. The summed E-state index contributed by atoms with van der Waals surface area (Å²) in [5.41, 5.74) is 0.428. The van der Waals surface area contributed by atoms with E-state index < -0.39 is 0 Å². The van der Waals surface area contributed by atoms with Gasteiger partial charge >= 0.3 is 0 Å². The number of aromatic hydroxyl groups is 2. The number of hydrogen-bond donors (Lipinski definition) is 2. The number of hydrogen-bond acceptors (Lipinski definition) is 4. The Balaban J connectivity index is 2.25. The molecular formula is C13H9NO2S. The zero-order valence-corrected chi connectivity index (χ0v) is 9.61. The predicted octanol–water partition coefficient (Wildman–Crippen LogP) is 3.12. The number of nitrogens with zero attached hydrogens (tertiary/aromatic N) is 1. The van der Waals surface area contributed by atoms with E-state index in [1.807, 2.05) is 6.07 Å². The zero-order valence-electron chi connectivity index (χ0n) is 8.79. The van der Waals surface area contributed by atoms with Gasteiger partial charge in [0.2, 0.25) is 0 Å². The molecule has 0 amide bonds. The molecule has 2 aromatic carbocycles. The molecule has 0 saturated heterocycles. The smallest absolute Gasteiger partial charge is 0.130 e. The molecule has 0 spiro atoms. The van der Waals surface area contributed by atoms with Crippen molar-refractivity contribution in [1.29, 1.82) is 5.26 Å². The number of phenols is 2. The van der Waals surface area contributed by atoms with Gasteiger partial charge in [0, 0.05) is 4.90 Å². The third-order valence-electron chi connectivity index (χ3n) is 2.15. The molecule has 2 rings (SSSR count). The summed E-state index contributed by atoms with van der Waals surface area (Å²) in [7, 11) is 0. The van der Waals surface area contributed by atoms with E-state index in [4.69, 9.17) is 10.4 Å². The van der Waals surface area contributed by atoms with Crippen LogP contribution in [0.4, 0.5) is 0 Å². The molecule has 0 bridgehead atoms. The number of nitriles is 1. The Hall–Kier alpha value is -2.12. The third kappa shape index (κ3) is 2.71. The van der Waals surface area contributed by atoms with Crippen molar-refractivity contribution in [2.75, 3.05) is 0 Å². The topological polar surface area (TPSA) is 64.2 Å². The van der Waals surface area contributed by atoms with Gasteiger partial charge in [-0.3, -0.25) is 0 Å². The summed E-state index contributed by atoms with van der Waals surface area (Å²) < 4.78 is 0. The Labute approximate surface area is 103 Å². The Morgan fingerprint density at radius 2 is 1.71 bits per heavy atom. The molecule has 0 atom stereocenters. The van der Waals surface area contributed by atoms with Crippen LogP contribution >= 0.6 is 11.8 Å². The monoisotopic (exact) mass is 243 g/mol. The van der Waals surface area contributed by atoms with Crippen molar-refractivity contribution < 1.29 is 10.2 Å². The van der Waals surface area contributed by atoms with Crippen molar-refractivity contribution in [2.24, 2.45) is 0 Å². The van der Waals surface area contributed by atoms with Crippen molar-refractivity contribution in [3.63, 3.8) is 0 Å². The van der Waals surface area contributed by atoms with Crippen LogP contribution in [-0.2, 0) is 0 Å². The summed E-state index contributed by atoms with van der Waals surface area (Å²) in [5.74, 6) is 0.292. The predicted molar refractivity (Wildman–Crippen MR) is 65.1 cm³/mol. The highest BCUT2D eigenvalue weighted by molar-refractivity contribution is 7.99. The van der Waals surface area contributed by atoms with Crippen molar-refractivity contribution in [3.05, 3.63) is 48.0 Å². The first-order valence-electron chi connectivity index (χ1n) is 4.89. The maximum atomic E-state index is 9.72. The lowest BCUT2D eigenvalue weighted by Crippen LogP contribution is -1.78. The fraction of sp³-hybridized carbons (Fsp3) is 0. The number of benzene rings is 2. The van der Waals surface area contributed by atoms with E-state index in [0.29, 0.717) is 10.5 Å². The molecule has 17 heavy (non-hydrogen) atoms. The Kier molecular flexibility index (Phi) is 3.22. The molecular weight excluding hydrogens is 234 g/mol. The first kappa shape index (κ1) is 11.4. The van der Waals surface area contributed by atoms with Crippen LogP contribution in [0.5, 0.6) is 11.5 Å². The van der Waals surface area contributed by atoms with E-state index >= 15 is 0 Å². The van der Waals surface area contributed by atoms with E-state index in [1.165, 1.54) is 17.8 Å². The van der Waals surface area contributed by atoms with Crippen molar-refractivity contribution in [2.45, 2.75) is 9.79 Å². The van der Waals surface area contributed by atoms with E-state index in [0.717, 1.165) is 4.90 Å². The van der Waals surface area contributed by atoms with Crippen LogP contribution in [0.3, 0.4) is 0 Å². The molecule has 0 aromatic heterocycles. The summed E-state index contributed by atoms with van der Waals surface area (Å²) in [6, 6.07) is 13.4. The highest BCUT2D eigenvalue weighted by Crippen LogP contribution is 2.35. The van der Waals surface area contributed by atoms with Gasteiger partial charge in [-0.25, -0.2) is 0 Å². The molecule has 0 heterocycles. The second-order valence-corrected chi connectivity index (χ2v) is 4.51. The minimum absolute atomic E-state index is 0.0853. The summed E-state index contributed by atoms with van der Waals surface area (Å²) in [6.45, 7) is 0. The van der Waals surface area contributed by atoms with Gasteiger partial charge in [-0.2, -0.15) is 5.26 Å². The molecule has 0 fully saturated rings. The first-order valence-corrected chi connectivity index (χ1v) is 5.70. The Morgan fingerprint density at radius 1 is 1.00 bits per heavy atom. The second-order valence-electron chi connectivity index (χ2n) is 3.39. The standard InChI is InChI=1S/C13H9NO2S/c14-8-9-1-6-13(12(16)7-9)17-11-4-2-10(15)3-5-11/h1-7,15-16H. The lowest BCUT2D eigenvalue weighted by Gasteiger charge is -2.04. The van der Waals surface area contributed by atoms with Crippen molar-refractivity contribution >= 4 is 11.8 Å². The molecule has 0 saturated carbocycles. The van der Waals surface area contributed by atoms with Crippen LogP contribution < -0.4 is 0 Å². The van der Waals surface area contributed by atoms with Crippen LogP contribution in [0.25, 0.3) is 0 Å². The molecule has 0 aliphatic heterocycles. The third-order valence-corrected chi connectivity index (χ3v) is 3.23. The maximum Gasteiger partial charge on any atom is 0.130 e. The van der Waals surface area contributed by atoms with Gasteiger partial charge in [0.15, 0.2) is 0 Å². The largest absolute Gasteiger partial charge is 0.508 e. The normalized spacial score (nSPS) is 9.82. The second kappa shape index (κ2) is 4.81. The van der Waals surface area contributed by atoms with E-state index in [1.54, 1.807) is 36.4 Å². The summed E-state index contributed by atoms with van der Waals surface area (Å²) >= 11 is 1.37.